The summed E-state index contributed by atoms with van der Waals surface area (Å²) in [4.78, 5) is 17.1. The molecule has 1 fully saturated rings. The van der Waals surface area contributed by atoms with Crippen LogP contribution in [0.3, 0.4) is 0 Å². The maximum absolute atomic E-state index is 12.0. The van der Waals surface area contributed by atoms with Crippen LogP contribution in [-0.4, -0.2) is 23.0 Å². The molecule has 0 aliphatic carbocycles. The number of pyridine rings is 1. The van der Waals surface area contributed by atoms with Crippen LogP contribution in [0.4, 0.5) is 5.69 Å². The summed E-state index contributed by atoms with van der Waals surface area (Å²) >= 11 is 0. The molecule has 0 atom stereocenters. The monoisotopic (exact) mass is 261 g/mol. The Balaban J connectivity index is 2.25. The van der Waals surface area contributed by atoms with Crippen molar-refractivity contribution in [2.75, 3.05) is 18.8 Å². The summed E-state index contributed by atoms with van der Waals surface area (Å²) in [5, 5.41) is 0. The number of nitrogens with two attached hydrogens (primary N) is 1. The maximum Gasteiger partial charge on any atom is 0.251 e. The van der Waals surface area contributed by atoms with E-state index in [-0.39, 0.29) is 5.56 Å². The van der Waals surface area contributed by atoms with Crippen molar-refractivity contribution in [3.05, 3.63) is 39.8 Å². The van der Waals surface area contributed by atoms with Gasteiger partial charge in [-0.3, -0.25) is 9.69 Å². The Morgan fingerprint density at radius 1 is 1.32 bits per heavy atom. The molecular formula is C15H23N3O. The summed E-state index contributed by atoms with van der Waals surface area (Å²) in [5.41, 5.74) is 8.55. The van der Waals surface area contributed by atoms with Crippen molar-refractivity contribution in [2.45, 2.75) is 39.2 Å². The van der Waals surface area contributed by atoms with Crippen LogP contribution in [-0.2, 0) is 13.0 Å². The third kappa shape index (κ3) is 3.47. The second-order valence-electron chi connectivity index (χ2n) is 5.14. The minimum atomic E-state index is -0.0145. The Bertz CT molecular complexity index is 499. The van der Waals surface area contributed by atoms with Crippen molar-refractivity contribution in [3.8, 4) is 0 Å². The molecule has 0 bridgehead atoms. The fraction of sp³-hybridized carbons (Fsp3) is 0.533. The van der Waals surface area contributed by atoms with Crippen molar-refractivity contribution in [1.82, 2.24) is 9.88 Å². The minimum absolute atomic E-state index is 0.0145. The Kier molecular flexibility index (Phi) is 4.80. The third-order valence-corrected chi connectivity index (χ3v) is 3.73. The summed E-state index contributed by atoms with van der Waals surface area (Å²) in [5.74, 6) is 0. The first-order valence-electron chi connectivity index (χ1n) is 7.04. The first-order valence-corrected chi connectivity index (χ1v) is 7.04. The number of H-pyrrole nitrogens is 1. The molecule has 1 aliphatic heterocycles. The van der Waals surface area contributed by atoms with E-state index in [1.807, 2.05) is 19.1 Å². The number of rotatable bonds is 4. The van der Waals surface area contributed by atoms with E-state index >= 15 is 0 Å². The van der Waals surface area contributed by atoms with Gasteiger partial charge < -0.3 is 10.7 Å². The zero-order valence-corrected chi connectivity index (χ0v) is 11.6. The molecule has 0 radical (unpaired) electrons. The van der Waals surface area contributed by atoms with Crippen LogP contribution in [0, 0.1) is 0 Å². The van der Waals surface area contributed by atoms with Crippen LogP contribution in [0.2, 0.25) is 0 Å². The molecule has 1 aromatic rings. The number of hydrogen-bond donors (Lipinski definition) is 2. The zero-order valence-electron chi connectivity index (χ0n) is 11.6. The number of hydrogen-bond acceptors (Lipinski definition) is 3. The standard InChI is InChI=1S/C15H23N3O/c1-2-3-7-12-13(14(16)10-17-15(12)19)11-18-8-5-4-6-9-18/h2-3,10H,4-9,11,16H2,1H3,(H,17,19). The number of aromatic amines is 1. The zero-order chi connectivity index (χ0) is 13.7. The van der Waals surface area contributed by atoms with E-state index in [2.05, 4.69) is 9.88 Å². The lowest BCUT2D eigenvalue weighted by Crippen LogP contribution is -2.31. The van der Waals surface area contributed by atoms with Gasteiger partial charge in [0.15, 0.2) is 0 Å². The van der Waals surface area contributed by atoms with Gasteiger partial charge in [0.25, 0.3) is 5.56 Å². The Morgan fingerprint density at radius 2 is 2.05 bits per heavy atom. The third-order valence-electron chi connectivity index (χ3n) is 3.73. The number of nitrogens with one attached hydrogen (secondary N) is 1. The van der Waals surface area contributed by atoms with E-state index in [0.717, 1.165) is 30.8 Å². The average Bonchev–Trinajstić information content (AvgIpc) is 2.43. The Labute approximate surface area is 114 Å². The van der Waals surface area contributed by atoms with Crippen LogP contribution < -0.4 is 11.3 Å². The fourth-order valence-electron chi connectivity index (χ4n) is 2.61. The van der Waals surface area contributed by atoms with Gasteiger partial charge in [-0.1, -0.05) is 18.6 Å². The van der Waals surface area contributed by atoms with Gasteiger partial charge in [0.05, 0.1) is 5.69 Å². The molecule has 0 aromatic carbocycles. The van der Waals surface area contributed by atoms with Crippen LogP contribution in [0.25, 0.3) is 0 Å². The Hall–Kier alpha value is -1.55. The molecule has 0 amide bonds. The number of piperidine rings is 1. The molecule has 1 aromatic heterocycles. The van der Waals surface area contributed by atoms with E-state index < -0.39 is 0 Å². The van der Waals surface area contributed by atoms with Crippen LogP contribution >= 0.6 is 0 Å². The number of anilines is 1. The molecule has 4 nitrogen and oxygen atoms in total. The summed E-state index contributed by atoms with van der Waals surface area (Å²) in [6.45, 7) is 4.97. The molecule has 1 saturated heterocycles. The molecule has 2 rings (SSSR count). The second-order valence-corrected chi connectivity index (χ2v) is 5.14. The average molecular weight is 261 g/mol. The predicted octanol–water partition coefficient (Wildman–Crippen LogP) is 2.06. The molecule has 2 heterocycles. The Morgan fingerprint density at radius 3 is 2.74 bits per heavy atom. The number of aromatic nitrogens is 1. The van der Waals surface area contributed by atoms with Crippen molar-refractivity contribution in [2.24, 2.45) is 0 Å². The molecule has 0 saturated carbocycles. The number of nitrogens with zero attached hydrogens (tertiary/aromatic N) is 1. The van der Waals surface area contributed by atoms with Crippen molar-refractivity contribution in [1.29, 1.82) is 0 Å². The van der Waals surface area contributed by atoms with E-state index in [4.69, 9.17) is 5.73 Å². The first-order chi connectivity index (χ1) is 9.22. The van der Waals surface area contributed by atoms with Crippen LogP contribution in [0.15, 0.2) is 23.1 Å². The summed E-state index contributed by atoms with van der Waals surface area (Å²) in [6.07, 6.45) is 10.0. The van der Waals surface area contributed by atoms with Crippen molar-refractivity contribution in [3.63, 3.8) is 0 Å². The van der Waals surface area contributed by atoms with Gasteiger partial charge >= 0.3 is 0 Å². The van der Waals surface area contributed by atoms with Gasteiger partial charge in [0.2, 0.25) is 0 Å². The highest BCUT2D eigenvalue weighted by Gasteiger charge is 2.16. The molecule has 3 N–H and O–H groups in total. The predicted molar refractivity (Wildman–Crippen MR) is 79.1 cm³/mol. The van der Waals surface area contributed by atoms with Gasteiger partial charge in [-0.2, -0.15) is 0 Å². The van der Waals surface area contributed by atoms with Gasteiger partial charge in [-0.25, -0.2) is 0 Å². The second kappa shape index (κ2) is 6.57. The number of nitrogen functional groups attached to an aromatic ring is 1. The minimum Gasteiger partial charge on any atom is -0.397 e. The highest BCUT2D eigenvalue weighted by Crippen LogP contribution is 2.19. The van der Waals surface area contributed by atoms with Gasteiger partial charge in [-0.15, -0.1) is 0 Å². The lowest BCUT2D eigenvalue weighted by molar-refractivity contribution is 0.220. The number of likely N-dealkylation sites (tertiary alicyclic amines) is 1. The van der Waals surface area contributed by atoms with Gasteiger partial charge in [0, 0.05) is 18.3 Å². The topological polar surface area (TPSA) is 62.1 Å². The molecule has 19 heavy (non-hydrogen) atoms. The summed E-state index contributed by atoms with van der Waals surface area (Å²) in [7, 11) is 0. The molecule has 104 valence electrons. The van der Waals surface area contributed by atoms with Crippen LogP contribution in [0.1, 0.15) is 37.3 Å². The first kappa shape index (κ1) is 13.9. The normalized spacial score (nSPS) is 17.1. The van der Waals surface area contributed by atoms with E-state index in [1.165, 1.54) is 19.3 Å². The highest BCUT2D eigenvalue weighted by atomic mass is 16.1. The fourth-order valence-corrected chi connectivity index (χ4v) is 2.61. The van der Waals surface area contributed by atoms with Crippen molar-refractivity contribution >= 4 is 5.69 Å². The summed E-state index contributed by atoms with van der Waals surface area (Å²) in [6, 6.07) is 0. The molecule has 0 spiro atoms. The van der Waals surface area contributed by atoms with Gasteiger partial charge in [0.1, 0.15) is 0 Å². The van der Waals surface area contributed by atoms with Crippen LogP contribution in [0.5, 0.6) is 0 Å². The SMILES string of the molecule is CC=CCc1c(CN2CCCCC2)c(N)c[nH]c1=O. The maximum atomic E-state index is 12.0. The molecule has 1 aliphatic rings. The largest absolute Gasteiger partial charge is 0.397 e. The lowest BCUT2D eigenvalue weighted by Gasteiger charge is -2.27. The van der Waals surface area contributed by atoms with E-state index in [0.29, 0.717) is 12.1 Å². The molecular weight excluding hydrogens is 238 g/mol. The van der Waals surface area contributed by atoms with Gasteiger partial charge in [-0.05, 0) is 44.8 Å². The summed E-state index contributed by atoms with van der Waals surface area (Å²) < 4.78 is 0. The highest BCUT2D eigenvalue weighted by molar-refractivity contribution is 5.48. The number of allylic oxidation sites excluding steroid dienone is 2. The van der Waals surface area contributed by atoms with E-state index in [9.17, 15) is 4.79 Å². The van der Waals surface area contributed by atoms with E-state index in [1.54, 1.807) is 6.20 Å². The molecule has 4 heteroatoms. The smallest absolute Gasteiger partial charge is 0.251 e. The quantitative estimate of drug-likeness (QED) is 0.816. The van der Waals surface area contributed by atoms with Crippen molar-refractivity contribution < 1.29 is 0 Å². The lowest BCUT2D eigenvalue weighted by atomic mass is 10.0. The molecule has 0 unspecified atom stereocenters.